The Morgan fingerprint density at radius 1 is 1.56 bits per heavy atom. The van der Waals surface area contributed by atoms with Crippen molar-refractivity contribution in [1.82, 2.24) is 14.8 Å². The largest absolute Gasteiger partial charge is 0.370 e. The second kappa shape index (κ2) is 6.09. The lowest BCUT2D eigenvalue weighted by Gasteiger charge is -2.14. The van der Waals surface area contributed by atoms with Gasteiger partial charge < -0.3 is 4.74 Å². The number of nitrogens with zero attached hydrogens (tertiary/aromatic N) is 3. The van der Waals surface area contributed by atoms with Crippen molar-refractivity contribution in [3.05, 3.63) is 12.2 Å². The quantitative estimate of drug-likeness (QED) is 0.704. The Morgan fingerprint density at radius 3 is 2.94 bits per heavy atom. The highest BCUT2D eigenvalue weighted by atomic mass is 16.5. The molecule has 0 saturated heterocycles. The van der Waals surface area contributed by atoms with Crippen LogP contribution in [0.5, 0.6) is 0 Å². The summed E-state index contributed by atoms with van der Waals surface area (Å²) in [5.74, 6) is 1.33. The van der Waals surface area contributed by atoms with E-state index in [2.05, 4.69) is 17.0 Å². The standard InChI is InChI=1S/C13H21N3O2/c1-3-7-16-12(14-9-15-16)8-11(17)13(18-4-2)10-5-6-10/h9-10,13H,3-8H2,1-2H3. The molecular weight excluding hydrogens is 230 g/mol. The van der Waals surface area contributed by atoms with E-state index in [1.807, 2.05) is 11.6 Å². The van der Waals surface area contributed by atoms with Gasteiger partial charge in [0.1, 0.15) is 18.3 Å². The summed E-state index contributed by atoms with van der Waals surface area (Å²) in [4.78, 5) is 16.4. The minimum atomic E-state index is -0.234. The minimum absolute atomic E-state index is 0.143. The van der Waals surface area contributed by atoms with E-state index in [0.717, 1.165) is 31.6 Å². The molecule has 0 bridgehead atoms. The summed E-state index contributed by atoms with van der Waals surface area (Å²) in [6.07, 6.45) is 4.83. The zero-order valence-corrected chi connectivity index (χ0v) is 11.1. The summed E-state index contributed by atoms with van der Waals surface area (Å²) in [5, 5.41) is 4.14. The second-order valence-corrected chi connectivity index (χ2v) is 4.76. The molecule has 1 aliphatic carbocycles. The molecule has 5 nitrogen and oxygen atoms in total. The fourth-order valence-corrected chi connectivity index (χ4v) is 2.15. The highest BCUT2D eigenvalue weighted by Crippen LogP contribution is 2.35. The van der Waals surface area contributed by atoms with Crippen molar-refractivity contribution in [2.75, 3.05) is 6.61 Å². The first kappa shape index (κ1) is 13.2. The predicted octanol–water partition coefficient (Wildman–Crippen LogP) is 1.61. The van der Waals surface area contributed by atoms with Crippen LogP contribution in [0.15, 0.2) is 6.33 Å². The van der Waals surface area contributed by atoms with E-state index in [1.165, 1.54) is 6.33 Å². The highest BCUT2D eigenvalue weighted by Gasteiger charge is 2.36. The first-order valence-corrected chi connectivity index (χ1v) is 6.77. The Hall–Kier alpha value is -1.23. The molecule has 100 valence electrons. The number of aromatic nitrogens is 3. The Labute approximate surface area is 108 Å². The average molecular weight is 251 g/mol. The molecule has 0 spiro atoms. The molecule has 1 unspecified atom stereocenters. The van der Waals surface area contributed by atoms with E-state index >= 15 is 0 Å². The molecule has 1 heterocycles. The first-order chi connectivity index (χ1) is 8.76. The van der Waals surface area contributed by atoms with Crippen LogP contribution in [0.1, 0.15) is 38.9 Å². The number of aryl methyl sites for hydroxylation is 1. The van der Waals surface area contributed by atoms with Gasteiger partial charge in [-0.15, -0.1) is 0 Å². The van der Waals surface area contributed by atoms with Crippen LogP contribution in [-0.2, 0) is 22.5 Å². The topological polar surface area (TPSA) is 57.0 Å². The number of carbonyl (C=O) groups is 1. The Bertz CT molecular complexity index is 399. The molecule has 0 amide bonds. The molecule has 1 aliphatic rings. The number of carbonyl (C=O) groups excluding carboxylic acids is 1. The molecule has 0 aliphatic heterocycles. The third-order valence-corrected chi connectivity index (χ3v) is 3.18. The van der Waals surface area contributed by atoms with Gasteiger partial charge in [-0.2, -0.15) is 5.10 Å². The number of rotatable bonds is 8. The van der Waals surface area contributed by atoms with Crippen LogP contribution in [0.25, 0.3) is 0 Å². The van der Waals surface area contributed by atoms with Crippen molar-refractivity contribution in [3.63, 3.8) is 0 Å². The van der Waals surface area contributed by atoms with Gasteiger partial charge in [-0.3, -0.25) is 4.79 Å². The van der Waals surface area contributed by atoms with Gasteiger partial charge in [0, 0.05) is 13.2 Å². The smallest absolute Gasteiger partial charge is 0.169 e. The molecule has 0 aromatic carbocycles. The third kappa shape index (κ3) is 3.16. The van der Waals surface area contributed by atoms with E-state index in [9.17, 15) is 4.79 Å². The number of hydrogen-bond acceptors (Lipinski definition) is 4. The maximum atomic E-state index is 12.2. The number of hydrogen-bond donors (Lipinski definition) is 0. The third-order valence-electron chi connectivity index (χ3n) is 3.18. The van der Waals surface area contributed by atoms with Crippen molar-refractivity contribution >= 4 is 5.78 Å². The summed E-state index contributed by atoms with van der Waals surface area (Å²) in [7, 11) is 0. The summed E-state index contributed by atoms with van der Waals surface area (Å²) in [5.41, 5.74) is 0. The second-order valence-electron chi connectivity index (χ2n) is 4.76. The van der Waals surface area contributed by atoms with Crippen LogP contribution in [0.3, 0.4) is 0 Å². The van der Waals surface area contributed by atoms with Crippen molar-refractivity contribution in [2.45, 2.75) is 52.2 Å². The van der Waals surface area contributed by atoms with E-state index in [0.29, 0.717) is 18.9 Å². The molecule has 0 N–H and O–H groups in total. The van der Waals surface area contributed by atoms with Crippen molar-refractivity contribution in [1.29, 1.82) is 0 Å². The normalized spacial score (nSPS) is 16.8. The van der Waals surface area contributed by atoms with Gasteiger partial charge in [-0.25, -0.2) is 9.67 Å². The van der Waals surface area contributed by atoms with Crippen LogP contribution in [-0.4, -0.2) is 33.3 Å². The van der Waals surface area contributed by atoms with Crippen LogP contribution in [0, 0.1) is 5.92 Å². The molecule has 2 rings (SSSR count). The first-order valence-electron chi connectivity index (χ1n) is 6.77. The van der Waals surface area contributed by atoms with E-state index < -0.39 is 0 Å². The Morgan fingerprint density at radius 2 is 2.33 bits per heavy atom. The zero-order chi connectivity index (χ0) is 13.0. The van der Waals surface area contributed by atoms with Crippen molar-refractivity contribution in [3.8, 4) is 0 Å². The van der Waals surface area contributed by atoms with E-state index in [1.54, 1.807) is 0 Å². The van der Waals surface area contributed by atoms with Gasteiger partial charge in [0.15, 0.2) is 5.78 Å². The van der Waals surface area contributed by atoms with Crippen molar-refractivity contribution < 1.29 is 9.53 Å². The average Bonchev–Trinajstić information content (AvgIpc) is 3.10. The van der Waals surface area contributed by atoms with Gasteiger partial charge in [0.05, 0.1) is 6.42 Å². The molecule has 1 aromatic rings. The van der Waals surface area contributed by atoms with Crippen LogP contribution in [0.4, 0.5) is 0 Å². The van der Waals surface area contributed by atoms with Gasteiger partial charge >= 0.3 is 0 Å². The summed E-state index contributed by atoms with van der Waals surface area (Å²) >= 11 is 0. The van der Waals surface area contributed by atoms with Gasteiger partial charge in [-0.05, 0) is 32.1 Å². The lowest BCUT2D eigenvalue weighted by atomic mass is 10.1. The predicted molar refractivity (Wildman–Crippen MR) is 67.2 cm³/mol. The lowest BCUT2D eigenvalue weighted by Crippen LogP contribution is -2.29. The van der Waals surface area contributed by atoms with Crippen LogP contribution >= 0.6 is 0 Å². The highest BCUT2D eigenvalue weighted by molar-refractivity contribution is 5.85. The van der Waals surface area contributed by atoms with Gasteiger partial charge in [0.2, 0.25) is 0 Å². The van der Waals surface area contributed by atoms with Crippen LogP contribution in [0.2, 0.25) is 0 Å². The molecule has 5 heteroatoms. The monoisotopic (exact) mass is 251 g/mol. The summed E-state index contributed by atoms with van der Waals surface area (Å²) in [6, 6.07) is 0. The minimum Gasteiger partial charge on any atom is -0.370 e. The molecule has 18 heavy (non-hydrogen) atoms. The van der Waals surface area contributed by atoms with Gasteiger partial charge in [-0.1, -0.05) is 6.92 Å². The Balaban J connectivity index is 1.98. The van der Waals surface area contributed by atoms with Gasteiger partial charge in [0.25, 0.3) is 0 Å². The number of ether oxygens (including phenoxy) is 1. The lowest BCUT2D eigenvalue weighted by molar-refractivity contribution is -0.131. The molecule has 1 fully saturated rings. The zero-order valence-electron chi connectivity index (χ0n) is 11.1. The SMILES string of the molecule is CCCn1ncnc1CC(=O)C(OCC)C1CC1. The fourth-order valence-electron chi connectivity index (χ4n) is 2.15. The summed E-state index contributed by atoms with van der Waals surface area (Å²) in [6.45, 7) is 5.42. The van der Waals surface area contributed by atoms with E-state index in [4.69, 9.17) is 4.74 Å². The molecule has 1 aromatic heterocycles. The number of Topliss-reactive ketones (excluding diaryl/α,β-unsaturated/α-hetero) is 1. The van der Waals surface area contributed by atoms with Crippen LogP contribution < -0.4 is 0 Å². The Kier molecular flexibility index (Phi) is 4.47. The molecule has 0 radical (unpaired) electrons. The maximum absolute atomic E-state index is 12.2. The molecule has 1 saturated carbocycles. The summed E-state index contributed by atoms with van der Waals surface area (Å²) < 4.78 is 7.38. The number of ketones is 1. The van der Waals surface area contributed by atoms with Crippen molar-refractivity contribution in [2.24, 2.45) is 5.92 Å². The van der Waals surface area contributed by atoms with E-state index in [-0.39, 0.29) is 11.9 Å². The fraction of sp³-hybridized carbons (Fsp3) is 0.769. The maximum Gasteiger partial charge on any atom is 0.169 e. The molecule has 1 atom stereocenters. The molecular formula is C13H21N3O2.